The summed E-state index contributed by atoms with van der Waals surface area (Å²) in [7, 11) is 0. The van der Waals surface area contributed by atoms with Crippen LogP contribution in [0.1, 0.15) is 47.7 Å². The largest absolute Gasteiger partial charge is 0.478 e. The van der Waals surface area contributed by atoms with E-state index in [1.54, 1.807) is 0 Å². The third-order valence-electron chi connectivity index (χ3n) is 7.37. The molecule has 2 atom stereocenters. The molecule has 1 saturated carbocycles. The molecule has 2 aromatic carbocycles. The summed E-state index contributed by atoms with van der Waals surface area (Å²) in [6, 6.07) is 9.94. The highest BCUT2D eigenvalue weighted by atomic mass is 19.1. The van der Waals surface area contributed by atoms with Crippen molar-refractivity contribution in [2.45, 2.75) is 43.3 Å². The minimum Gasteiger partial charge on any atom is -0.478 e. The van der Waals surface area contributed by atoms with E-state index >= 15 is 8.78 Å². The second kappa shape index (κ2) is 7.50. The normalized spacial score (nSPS) is 24.1. The molecule has 1 aliphatic carbocycles. The van der Waals surface area contributed by atoms with Crippen LogP contribution in [0.4, 0.5) is 8.78 Å². The zero-order valence-electron chi connectivity index (χ0n) is 18.0. The number of fused-ring (bicyclic) bond motifs is 3. The van der Waals surface area contributed by atoms with Crippen LogP contribution in [0.15, 0.2) is 42.5 Å². The zero-order valence-corrected chi connectivity index (χ0v) is 18.0. The fraction of sp³-hybridized carbons (Fsp3) is 0.346. The average molecular weight is 450 g/mol. The summed E-state index contributed by atoms with van der Waals surface area (Å²) >= 11 is 0. The molecule has 170 valence electrons. The van der Waals surface area contributed by atoms with E-state index in [9.17, 15) is 4.79 Å². The summed E-state index contributed by atoms with van der Waals surface area (Å²) in [4.78, 5) is 16.6. The van der Waals surface area contributed by atoms with Gasteiger partial charge in [-0.3, -0.25) is 4.90 Å². The Kier molecular flexibility index (Phi) is 4.67. The van der Waals surface area contributed by atoms with Crippen molar-refractivity contribution in [3.63, 3.8) is 0 Å². The number of ether oxygens (including phenoxy) is 1. The number of aromatic amines is 1. The summed E-state index contributed by atoms with van der Waals surface area (Å²) in [6.45, 7) is 1.20. The number of halogens is 2. The Balaban J connectivity index is 1.56. The third kappa shape index (κ3) is 3.30. The Hall–Kier alpha value is -3.03. The van der Waals surface area contributed by atoms with Crippen LogP contribution in [-0.2, 0) is 16.0 Å². The Bertz CT molecular complexity index is 1260. The Morgan fingerprint density at radius 3 is 2.64 bits per heavy atom. The first-order chi connectivity index (χ1) is 16.0. The lowest BCUT2D eigenvalue weighted by atomic mass is 9.84. The van der Waals surface area contributed by atoms with E-state index in [0.717, 1.165) is 53.9 Å². The lowest BCUT2D eigenvalue weighted by Gasteiger charge is -2.46. The molecule has 2 unspecified atom stereocenters. The molecule has 1 spiro atoms. The summed E-state index contributed by atoms with van der Waals surface area (Å²) in [5, 5.41) is 9.98. The molecule has 0 radical (unpaired) electrons. The van der Waals surface area contributed by atoms with Crippen LogP contribution in [0.25, 0.3) is 17.0 Å². The molecule has 3 aliphatic rings. The van der Waals surface area contributed by atoms with Gasteiger partial charge in [-0.2, -0.15) is 0 Å². The van der Waals surface area contributed by atoms with Gasteiger partial charge in [0, 0.05) is 46.4 Å². The highest BCUT2D eigenvalue weighted by Crippen LogP contribution is 2.57. The number of aliphatic carboxylic acids is 1. The third-order valence-corrected chi connectivity index (χ3v) is 7.37. The summed E-state index contributed by atoms with van der Waals surface area (Å²) in [6.07, 6.45) is 5.74. The molecule has 0 amide bonds. The van der Waals surface area contributed by atoms with Crippen molar-refractivity contribution >= 4 is 22.9 Å². The molecular formula is C26H24F2N2O3. The number of nitrogens with one attached hydrogen (secondary N) is 1. The summed E-state index contributed by atoms with van der Waals surface area (Å²) in [5.74, 6) is -2.51. The lowest BCUT2D eigenvalue weighted by Crippen LogP contribution is -2.52. The first-order valence-corrected chi connectivity index (χ1v) is 11.3. The van der Waals surface area contributed by atoms with E-state index in [-0.39, 0.29) is 22.7 Å². The molecule has 33 heavy (non-hydrogen) atoms. The van der Waals surface area contributed by atoms with Crippen LogP contribution >= 0.6 is 0 Å². The van der Waals surface area contributed by atoms with Crippen LogP contribution in [0.2, 0.25) is 0 Å². The number of rotatable bonds is 4. The predicted octanol–water partition coefficient (Wildman–Crippen LogP) is 4.81. The zero-order chi connectivity index (χ0) is 22.7. The number of hydrogen-bond acceptors (Lipinski definition) is 3. The van der Waals surface area contributed by atoms with Crippen molar-refractivity contribution in [3.05, 3.63) is 76.5 Å². The Morgan fingerprint density at radius 2 is 1.97 bits per heavy atom. The lowest BCUT2D eigenvalue weighted by molar-refractivity contribution is -0.131. The number of hydrogen-bond donors (Lipinski definition) is 2. The number of carboxylic acids is 1. The number of para-hydroxylation sites is 1. The fourth-order valence-corrected chi connectivity index (χ4v) is 5.81. The maximum atomic E-state index is 15.6. The van der Waals surface area contributed by atoms with Gasteiger partial charge in [0.25, 0.3) is 0 Å². The van der Waals surface area contributed by atoms with E-state index in [4.69, 9.17) is 9.84 Å². The molecule has 3 heterocycles. The maximum absolute atomic E-state index is 15.6. The first-order valence-electron chi connectivity index (χ1n) is 11.3. The molecule has 3 aromatic rings. The Morgan fingerprint density at radius 1 is 1.21 bits per heavy atom. The van der Waals surface area contributed by atoms with E-state index in [1.165, 1.54) is 18.2 Å². The predicted molar refractivity (Wildman–Crippen MR) is 120 cm³/mol. The van der Waals surface area contributed by atoms with Gasteiger partial charge in [-0.25, -0.2) is 13.6 Å². The second-order valence-corrected chi connectivity index (χ2v) is 9.36. The van der Waals surface area contributed by atoms with E-state index in [2.05, 4.69) is 16.0 Å². The topological polar surface area (TPSA) is 65.6 Å². The maximum Gasteiger partial charge on any atom is 0.328 e. The van der Waals surface area contributed by atoms with Crippen LogP contribution < -0.4 is 0 Å². The summed E-state index contributed by atoms with van der Waals surface area (Å²) in [5.41, 5.74) is 3.01. The van der Waals surface area contributed by atoms with Gasteiger partial charge in [0.1, 0.15) is 11.6 Å². The second-order valence-electron chi connectivity index (χ2n) is 9.36. The van der Waals surface area contributed by atoms with Crippen molar-refractivity contribution in [2.24, 2.45) is 0 Å². The van der Waals surface area contributed by atoms with Crippen LogP contribution in [0.5, 0.6) is 0 Å². The van der Waals surface area contributed by atoms with Gasteiger partial charge in [-0.15, -0.1) is 0 Å². The van der Waals surface area contributed by atoms with Crippen LogP contribution in [-0.4, -0.2) is 45.8 Å². The van der Waals surface area contributed by atoms with Crippen molar-refractivity contribution in [1.29, 1.82) is 0 Å². The van der Waals surface area contributed by atoms with Crippen molar-refractivity contribution < 1.29 is 23.4 Å². The number of nitrogens with zero attached hydrogens (tertiary/aromatic N) is 1. The van der Waals surface area contributed by atoms with E-state index in [1.807, 2.05) is 18.2 Å². The molecule has 2 fully saturated rings. The average Bonchev–Trinajstić information content (AvgIpc) is 3.18. The standard InChI is InChI=1S/C26H24F2N2O3/c27-19-11-15(5-6-22(31)32)12-20(28)23(19)25-24-18(17-3-1-2-4-21(17)29-24)13-26(8-9-26)30(25)16-7-10-33-14-16/h1-6,11-12,16,25,29H,7-10,13-14H2,(H,31,32)/b6-5+. The fourth-order valence-electron chi connectivity index (χ4n) is 5.81. The number of aromatic nitrogens is 1. The minimum atomic E-state index is -1.17. The molecular weight excluding hydrogens is 426 g/mol. The molecule has 1 aromatic heterocycles. The smallest absolute Gasteiger partial charge is 0.328 e. The Labute approximate surface area is 189 Å². The van der Waals surface area contributed by atoms with Crippen molar-refractivity contribution in [2.75, 3.05) is 13.2 Å². The monoisotopic (exact) mass is 450 g/mol. The minimum absolute atomic E-state index is 0.00755. The van der Waals surface area contributed by atoms with Crippen molar-refractivity contribution in [3.8, 4) is 0 Å². The number of H-pyrrole nitrogens is 1. The van der Waals surface area contributed by atoms with E-state index in [0.29, 0.717) is 13.2 Å². The van der Waals surface area contributed by atoms with Crippen LogP contribution in [0.3, 0.4) is 0 Å². The molecule has 1 saturated heterocycles. The number of carboxylic acid groups (broad SMARTS) is 1. The highest BCUT2D eigenvalue weighted by Gasteiger charge is 2.58. The van der Waals surface area contributed by atoms with Gasteiger partial charge >= 0.3 is 5.97 Å². The molecule has 2 N–H and O–H groups in total. The summed E-state index contributed by atoms with van der Waals surface area (Å²) < 4.78 is 36.9. The number of benzene rings is 2. The molecule has 7 heteroatoms. The van der Waals surface area contributed by atoms with Crippen molar-refractivity contribution in [1.82, 2.24) is 9.88 Å². The quantitative estimate of drug-likeness (QED) is 0.560. The SMILES string of the molecule is O=C(O)/C=C/c1cc(F)c(C2c3[nH]c4ccccc4c3CC3(CC3)N2C2CCOC2)c(F)c1. The van der Waals surface area contributed by atoms with Gasteiger partial charge in [0.05, 0.1) is 12.6 Å². The van der Waals surface area contributed by atoms with Gasteiger partial charge in [0.2, 0.25) is 0 Å². The highest BCUT2D eigenvalue weighted by molar-refractivity contribution is 5.86. The molecule has 2 aliphatic heterocycles. The number of carbonyl (C=O) groups is 1. The first kappa shape index (κ1) is 20.6. The molecule has 6 rings (SSSR count). The molecule has 5 nitrogen and oxygen atoms in total. The van der Waals surface area contributed by atoms with Gasteiger partial charge in [-0.1, -0.05) is 18.2 Å². The van der Waals surface area contributed by atoms with E-state index < -0.39 is 23.6 Å². The van der Waals surface area contributed by atoms with Gasteiger partial charge in [-0.05, 0) is 61.1 Å². The molecule has 0 bridgehead atoms. The van der Waals surface area contributed by atoms with Gasteiger partial charge in [0.15, 0.2) is 0 Å². The van der Waals surface area contributed by atoms with Gasteiger partial charge < -0.3 is 14.8 Å². The van der Waals surface area contributed by atoms with Crippen LogP contribution in [0, 0.1) is 11.6 Å².